The molecule has 1 aliphatic rings. The molecule has 0 fully saturated rings. The Kier molecular flexibility index (Phi) is 9.71. The number of nitrogens with one attached hydrogen (secondary N) is 1. The lowest BCUT2D eigenvalue weighted by molar-refractivity contribution is -0.118. The number of carbonyl (C=O) groups is 1. The lowest BCUT2D eigenvalue weighted by atomic mass is 9.84. The zero-order chi connectivity index (χ0) is 26.4. The zero-order valence-electron chi connectivity index (χ0n) is 21.3. The third-order valence-corrected chi connectivity index (χ3v) is 6.68. The van der Waals surface area contributed by atoms with Gasteiger partial charge in [0.25, 0.3) is 0 Å². The number of fused-ring (bicyclic) bond motifs is 1. The van der Waals surface area contributed by atoms with E-state index in [1.807, 2.05) is 38.1 Å². The number of aromatic amines is 1. The van der Waals surface area contributed by atoms with Crippen LogP contribution in [0.1, 0.15) is 63.6 Å². The van der Waals surface area contributed by atoms with Gasteiger partial charge in [-0.05, 0) is 68.0 Å². The van der Waals surface area contributed by atoms with Gasteiger partial charge >= 0.3 is 0 Å². The Morgan fingerprint density at radius 2 is 1.97 bits per heavy atom. The number of pyridine rings is 1. The Bertz CT molecular complexity index is 1230. The second-order valence-corrected chi connectivity index (χ2v) is 10.0. The SMILES string of the molecule is C/C=C(/C(=O)C1COc2ccc(Cl)cc2C1)c1cnc(-c2cn[nH]c2Cl)cc1C(C)C.CCC(C)O. The average Bonchev–Trinajstić information content (AvgIpc) is 3.30. The molecule has 2 unspecified atom stereocenters. The summed E-state index contributed by atoms with van der Waals surface area (Å²) in [5.41, 5.74) is 4.93. The summed E-state index contributed by atoms with van der Waals surface area (Å²) in [5.74, 6) is 0.750. The van der Waals surface area contributed by atoms with Crippen molar-refractivity contribution < 1.29 is 14.6 Å². The minimum absolute atomic E-state index is 0.0471. The maximum atomic E-state index is 13.5. The fraction of sp³-hybridized carbons (Fsp3) is 0.393. The van der Waals surface area contributed by atoms with Crippen LogP contribution in [-0.4, -0.2) is 38.8 Å². The van der Waals surface area contributed by atoms with Gasteiger partial charge in [-0.25, -0.2) is 0 Å². The van der Waals surface area contributed by atoms with Gasteiger partial charge in [-0.1, -0.05) is 50.0 Å². The molecule has 0 aliphatic carbocycles. The minimum Gasteiger partial charge on any atom is -0.493 e. The smallest absolute Gasteiger partial charge is 0.170 e. The Hall–Kier alpha value is -2.67. The number of Topliss-reactive ketones (excluding diaryl/α,β-unsaturated/α-hetero) is 1. The largest absolute Gasteiger partial charge is 0.493 e. The van der Waals surface area contributed by atoms with Crippen molar-refractivity contribution in [1.29, 1.82) is 0 Å². The third kappa shape index (κ3) is 6.55. The van der Waals surface area contributed by atoms with E-state index in [-0.39, 0.29) is 23.7 Å². The number of ether oxygens (including phenoxy) is 1. The second-order valence-electron chi connectivity index (χ2n) is 9.20. The van der Waals surface area contributed by atoms with E-state index in [1.165, 1.54) is 0 Å². The van der Waals surface area contributed by atoms with E-state index < -0.39 is 0 Å². The number of benzene rings is 1. The summed E-state index contributed by atoms with van der Waals surface area (Å²) >= 11 is 12.3. The van der Waals surface area contributed by atoms with Crippen LogP contribution >= 0.6 is 23.2 Å². The molecule has 0 radical (unpaired) electrons. The molecule has 0 bridgehead atoms. The van der Waals surface area contributed by atoms with E-state index in [4.69, 9.17) is 33.0 Å². The van der Waals surface area contributed by atoms with E-state index in [2.05, 4.69) is 29.0 Å². The summed E-state index contributed by atoms with van der Waals surface area (Å²) in [6.07, 6.45) is 6.62. The maximum absolute atomic E-state index is 13.5. The van der Waals surface area contributed by atoms with Gasteiger partial charge in [0.1, 0.15) is 10.9 Å². The van der Waals surface area contributed by atoms with Gasteiger partial charge in [-0.3, -0.25) is 14.9 Å². The Labute approximate surface area is 222 Å². The van der Waals surface area contributed by atoms with Crippen LogP contribution in [0.5, 0.6) is 5.75 Å². The first-order chi connectivity index (χ1) is 17.2. The number of allylic oxidation sites excluding steroid dienone is 2. The molecule has 192 valence electrons. The molecule has 0 amide bonds. The number of carbonyl (C=O) groups excluding carboxylic acids is 1. The molecule has 2 atom stereocenters. The molecular weight excluding hydrogens is 497 g/mol. The number of hydrogen-bond donors (Lipinski definition) is 2. The molecule has 4 rings (SSSR count). The first-order valence-corrected chi connectivity index (χ1v) is 12.9. The molecule has 6 nitrogen and oxygen atoms in total. The van der Waals surface area contributed by atoms with Crippen molar-refractivity contribution in [3.05, 3.63) is 69.6 Å². The van der Waals surface area contributed by atoms with Crippen LogP contribution in [0.3, 0.4) is 0 Å². The summed E-state index contributed by atoms with van der Waals surface area (Å²) in [6.45, 7) is 10.1. The van der Waals surface area contributed by atoms with Crippen LogP contribution in [0.15, 0.2) is 42.7 Å². The molecule has 0 saturated heterocycles. The van der Waals surface area contributed by atoms with E-state index >= 15 is 0 Å². The zero-order valence-corrected chi connectivity index (χ0v) is 22.8. The molecule has 36 heavy (non-hydrogen) atoms. The predicted molar refractivity (Wildman–Crippen MR) is 146 cm³/mol. The van der Waals surface area contributed by atoms with Gasteiger partial charge in [0.2, 0.25) is 0 Å². The average molecular weight is 530 g/mol. The number of aliphatic hydroxyl groups excluding tert-OH is 1. The number of ketones is 1. The highest BCUT2D eigenvalue weighted by atomic mass is 35.5. The first-order valence-electron chi connectivity index (χ1n) is 12.2. The van der Waals surface area contributed by atoms with Gasteiger partial charge in [0.15, 0.2) is 5.78 Å². The van der Waals surface area contributed by atoms with Crippen LogP contribution in [0.2, 0.25) is 10.2 Å². The molecule has 2 N–H and O–H groups in total. The highest BCUT2D eigenvalue weighted by Crippen LogP contribution is 2.35. The van der Waals surface area contributed by atoms with Crippen LogP contribution in [0.25, 0.3) is 16.8 Å². The van der Waals surface area contributed by atoms with Crippen LogP contribution in [0.4, 0.5) is 0 Å². The van der Waals surface area contributed by atoms with Crippen LogP contribution < -0.4 is 4.74 Å². The molecule has 3 heterocycles. The van der Waals surface area contributed by atoms with E-state index in [9.17, 15) is 4.79 Å². The normalized spacial score (nSPS) is 16.0. The van der Waals surface area contributed by atoms with E-state index in [1.54, 1.807) is 25.4 Å². The number of aromatic nitrogens is 3. The summed E-state index contributed by atoms with van der Waals surface area (Å²) in [5, 5.41) is 16.1. The van der Waals surface area contributed by atoms with Crippen molar-refractivity contribution in [2.75, 3.05) is 6.61 Å². The molecule has 3 aromatic rings. The van der Waals surface area contributed by atoms with Gasteiger partial charge in [0.05, 0.1) is 36.1 Å². The second kappa shape index (κ2) is 12.5. The third-order valence-electron chi connectivity index (χ3n) is 6.16. The number of H-pyrrole nitrogens is 1. The van der Waals surface area contributed by atoms with Gasteiger partial charge < -0.3 is 9.84 Å². The minimum atomic E-state index is -0.278. The summed E-state index contributed by atoms with van der Waals surface area (Å²) in [4.78, 5) is 18.1. The van der Waals surface area contributed by atoms with Crippen molar-refractivity contribution in [1.82, 2.24) is 15.2 Å². The lowest BCUT2D eigenvalue weighted by Crippen LogP contribution is -2.29. The Morgan fingerprint density at radius 3 is 2.56 bits per heavy atom. The summed E-state index contributed by atoms with van der Waals surface area (Å²) in [7, 11) is 0. The molecule has 0 spiro atoms. The Morgan fingerprint density at radius 1 is 1.25 bits per heavy atom. The summed E-state index contributed by atoms with van der Waals surface area (Å²) in [6, 6.07) is 7.51. The van der Waals surface area contributed by atoms with Gasteiger partial charge in [-0.15, -0.1) is 0 Å². The van der Waals surface area contributed by atoms with Crippen molar-refractivity contribution in [3.8, 4) is 17.0 Å². The maximum Gasteiger partial charge on any atom is 0.170 e. The molecule has 8 heteroatoms. The van der Waals surface area contributed by atoms with E-state index in [0.717, 1.165) is 40.1 Å². The fourth-order valence-electron chi connectivity index (χ4n) is 3.95. The molecule has 2 aromatic heterocycles. The number of rotatable bonds is 6. The topological polar surface area (TPSA) is 88.1 Å². The number of aliphatic hydroxyl groups is 1. The molecule has 1 aromatic carbocycles. The number of nitrogens with zero attached hydrogens (tertiary/aromatic N) is 2. The lowest BCUT2D eigenvalue weighted by Gasteiger charge is -2.26. The van der Waals surface area contributed by atoms with Crippen molar-refractivity contribution in [2.45, 2.75) is 59.5 Å². The first kappa shape index (κ1) is 27.9. The molecular formula is C28H33Cl2N3O3. The number of hydrogen-bond acceptors (Lipinski definition) is 5. The highest BCUT2D eigenvalue weighted by Gasteiger charge is 2.30. The van der Waals surface area contributed by atoms with Gasteiger partial charge in [-0.2, -0.15) is 5.10 Å². The molecule has 0 saturated carbocycles. The highest BCUT2D eigenvalue weighted by molar-refractivity contribution is 6.32. The van der Waals surface area contributed by atoms with Crippen molar-refractivity contribution in [3.63, 3.8) is 0 Å². The monoisotopic (exact) mass is 529 g/mol. The molecule has 1 aliphatic heterocycles. The predicted octanol–water partition coefficient (Wildman–Crippen LogP) is 6.90. The van der Waals surface area contributed by atoms with E-state index in [0.29, 0.717) is 28.8 Å². The van der Waals surface area contributed by atoms with Crippen LogP contribution in [-0.2, 0) is 11.2 Å². The van der Waals surface area contributed by atoms with Crippen molar-refractivity contribution in [2.24, 2.45) is 5.92 Å². The number of halogens is 2. The van der Waals surface area contributed by atoms with Crippen molar-refractivity contribution >= 4 is 34.6 Å². The quantitative estimate of drug-likeness (QED) is 0.339. The fourth-order valence-corrected chi connectivity index (χ4v) is 4.34. The van der Waals surface area contributed by atoms with Crippen LogP contribution in [0, 0.1) is 5.92 Å². The standard InChI is InChI=1S/C24H23Cl2N3O2.C4H10O/c1-4-17(23(30)15-7-14-8-16(25)5-6-22(14)31-12-15)19-10-27-21(9-18(19)13(2)3)20-11-28-29-24(20)26;1-3-4(2)5/h4-6,8-11,13,15H,7,12H2,1-3H3,(H,28,29);4-5H,3H2,1-2H3/b17-4+;. The summed E-state index contributed by atoms with van der Waals surface area (Å²) < 4.78 is 5.85. The van der Waals surface area contributed by atoms with Gasteiger partial charge in [0, 0.05) is 22.4 Å². The Balaban J connectivity index is 0.000000658.